The van der Waals surface area contributed by atoms with Crippen molar-refractivity contribution in [3.63, 3.8) is 0 Å². The van der Waals surface area contributed by atoms with Crippen LogP contribution in [0.2, 0.25) is 0 Å². The summed E-state index contributed by atoms with van der Waals surface area (Å²) in [5.74, 6) is 0.711. The third-order valence-electron chi connectivity index (χ3n) is 5.53. The quantitative estimate of drug-likeness (QED) is 0.831. The highest BCUT2D eigenvalue weighted by molar-refractivity contribution is 5.72. The highest BCUT2D eigenvalue weighted by Gasteiger charge is 2.40. The molecule has 2 saturated heterocycles. The zero-order valence-electron chi connectivity index (χ0n) is 14.3. The van der Waals surface area contributed by atoms with Crippen molar-refractivity contribution in [2.75, 3.05) is 39.9 Å². The van der Waals surface area contributed by atoms with Crippen LogP contribution in [0.25, 0.3) is 11.0 Å². The number of H-pyrrole nitrogens is 1. The van der Waals surface area contributed by atoms with Gasteiger partial charge in [0.1, 0.15) is 11.2 Å². The van der Waals surface area contributed by atoms with Gasteiger partial charge in [0, 0.05) is 45.4 Å². The van der Waals surface area contributed by atoms with Crippen LogP contribution in [-0.4, -0.2) is 75.0 Å². The van der Waals surface area contributed by atoms with E-state index in [1.54, 1.807) is 10.9 Å². The van der Waals surface area contributed by atoms with Gasteiger partial charge in [0.15, 0.2) is 5.65 Å². The summed E-state index contributed by atoms with van der Waals surface area (Å²) in [4.78, 5) is 24.6. The minimum absolute atomic E-state index is 0.113. The Hall–Kier alpha value is -1.77. The lowest BCUT2D eigenvalue weighted by atomic mass is 9.86. The fourth-order valence-corrected chi connectivity index (χ4v) is 3.94. The molecule has 130 valence electrons. The zero-order valence-corrected chi connectivity index (χ0v) is 14.3. The topological polar surface area (TPSA) is 79.3 Å². The minimum Gasteiger partial charge on any atom is -0.381 e. The predicted octanol–water partition coefficient (Wildman–Crippen LogP) is -0.0468. The van der Waals surface area contributed by atoms with Crippen LogP contribution >= 0.6 is 0 Å². The third-order valence-corrected chi connectivity index (χ3v) is 5.53. The lowest BCUT2D eigenvalue weighted by Gasteiger charge is -2.51. The molecule has 2 aliphatic rings. The number of aromatic nitrogens is 4. The normalized spacial score (nSPS) is 22.4. The molecule has 0 amide bonds. The zero-order chi connectivity index (χ0) is 16.7. The minimum atomic E-state index is -0.113. The highest BCUT2D eigenvalue weighted by Crippen LogP contribution is 2.31. The van der Waals surface area contributed by atoms with Gasteiger partial charge in [0.2, 0.25) is 0 Å². The first-order chi connectivity index (χ1) is 11.6. The molecule has 1 N–H and O–H groups in total. The number of hydrogen-bond donors (Lipinski definition) is 1. The molecule has 4 heterocycles. The maximum absolute atomic E-state index is 12.2. The molecule has 0 aliphatic carbocycles. The second-order valence-electron chi connectivity index (χ2n) is 6.99. The Labute approximate surface area is 140 Å². The smallest absolute Gasteiger partial charge is 0.262 e. The summed E-state index contributed by atoms with van der Waals surface area (Å²) in [7, 11) is 4.02. The SMILES string of the molecule is CN1CCN(Cc2nc3c(cnn3C)c(=O)[nH]2)CC12CCOCC2. The molecule has 0 aromatic carbocycles. The van der Waals surface area contributed by atoms with Crippen LogP contribution in [-0.2, 0) is 18.3 Å². The van der Waals surface area contributed by atoms with E-state index < -0.39 is 0 Å². The fourth-order valence-electron chi connectivity index (χ4n) is 3.94. The summed E-state index contributed by atoms with van der Waals surface area (Å²) < 4.78 is 7.20. The van der Waals surface area contributed by atoms with Crippen molar-refractivity contribution < 1.29 is 4.74 Å². The largest absolute Gasteiger partial charge is 0.381 e. The van der Waals surface area contributed by atoms with Crippen LogP contribution < -0.4 is 5.56 Å². The molecule has 8 nitrogen and oxygen atoms in total. The number of piperazine rings is 1. The number of hydrogen-bond acceptors (Lipinski definition) is 6. The second-order valence-corrected chi connectivity index (χ2v) is 6.99. The van der Waals surface area contributed by atoms with Crippen molar-refractivity contribution in [1.82, 2.24) is 29.5 Å². The molecule has 0 unspecified atom stereocenters. The van der Waals surface area contributed by atoms with Crippen molar-refractivity contribution in [2.24, 2.45) is 7.05 Å². The van der Waals surface area contributed by atoms with Gasteiger partial charge in [0.25, 0.3) is 5.56 Å². The van der Waals surface area contributed by atoms with Gasteiger partial charge in [-0.15, -0.1) is 0 Å². The number of fused-ring (bicyclic) bond motifs is 1. The van der Waals surface area contributed by atoms with Gasteiger partial charge in [-0.3, -0.25) is 19.3 Å². The van der Waals surface area contributed by atoms with Gasteiger partial charge in [0.05, 0.1) is 12.7 Å². The van der Waals surface area contributed by atoms with Crippen LogP contribution in [0.3, 0.4) is 0 Å². The first kappa shape index (κ1) is 15.7. The van der Waals surface area contributed by atoms with Crippen LogP contribution in [0.5, 0.6) is 0 Å². The van der Waals surface area contributed by atoms with E-state index in [1.165, 1.54) is 0 Å². The molecule has 8 heteroatoms. The molecule has 0 radical (unpaired) electrons. The van der Waals surface area contributed by atoms with Crippen molar-refractivity contribution in [3.05, 3.63) is 22.4 Å². The van der Waals surface area contributed by atoms with E-state index in [1.807, 2.05) is 7.05 Å². The number of ether oxygens (including phenoxy) is 1. The second kappa shape index (κ2) is 5.94. The van der Waals surface area contributed by atoms with Gasteiger partial charge in [-0.25, -0.2) is 4.98 Å². The van der Waals surface area contributed by atoms with Crippen molar-refractivity contribution in [1.29, 1.82) is 0 Å². The van der Waals surface area contributed by atoms with E-state index in [9.17, 15) is 4.79 Å². The average Bonchev–Trinajstić information content (AvgIpc) is 2.94. The summed E-state index contributed by atoms with van der Waals surface area (Å²) in [5, 5.41) is 4.66. The van der Waals surface area contributed by atoms with E-state index in [4.69, 9.17) is 4.74 Å². The predicted molar refractivity (Wildman–Crippen MR) is 89.8 cm³/mol. The van der Waals surface area contributed by atoms with E-state index in [0.717, 1.165) is 45.7 Å². The highest BCUT2D eigenvalue weighted by atomic mass is 16.5. The lowest BCUT2D eigenvalue weighted by Crippen LogP contribution is -2.62. The van der Waals surface area contributed by atoms with Gasteiger partial charge >= 0.3 is 0 Å². The monoisotopic (exact) mass is 332 g/mol. The standard InChI is InChI=1S/C16H24N6O2/c1-20-5-6-22(11-16(20)3-7-24-8-4-16)10-13-18-14-12(15(23)19-13)9-17-21(14)2/h9H,3-8,10-11H2,1-2H3,(H,18,19,23). The molecule has 2 aromatic heterocycles. The maximum atomic E-state index is 12.2. The Bertz CT molecular complexity index is 791. The number of nitrogens with zero attached hydrogens (tertiary/aromatic N) is 5. The Kier molecular flexibility index (Phi) is 3.90. The summed E-state index contributed by atoms with van der Waals surface area (Å²) in [6, 6.07) is 0. The molecule has 2 aliphatic heterocycles. The number of aryl methyl sites for hydroxylation is 1. The van der Waals surface area contributed by atoms with Crippen LogP contribution in [0.15, 0.2) is 11.0 Å². The first-order valence-electron chi connectivity index (χ1n) is 8.50. The van der Waals surface area contributed by atoms with E-state index in [-0.39, 0.29) is 11.1 Å². The Balaban J connectivity index is 1.57. The summed E-state index contributed by atoms with van der Waals surface area (Å²) >= 11 is 0. The molecule has 2 aromatic rings. The lowest BCUT2D eigenvalue weighted by molar-refractivity contribution is -0.0629. The molecule has 2 fully saturated rings. The van der Waals surface area contributed by atoms with Gasteiger partial charge < -0.3 is 9.72 Å². The van der Waals surface area contributed by atoms with Crippen LogP contribution in [0.4, 0.5) is 0 Å². The molecule has 0 atom stereocenters. The van der Waals surface area contributed by atoms with E-state index in [0.29, 0.717) is 23.4 Å². The number of nitrogens with one attached hydrogen (secondary N) is 1. The Morgan fingerprint density at radius 1 is 1.29 bits per heavy atom. The van der Waals surface area contributed by atoms with Crippen molar-refractivity contribution in [3.8, 4) is 0 Å². The molecular weight excluding hydrogens is 308 g/mol. The van der Waals surface area contributed by atoms with Crippen LogP contribution in [0.1, 0.15) is 18.7 Å². The number of rotatable bonds is 2. The van der Waals surface area contributed by atoms with Gasteiger partial charge in [-0.2, -0.15) is 5.10 Å². The third kappa shape index (κ3) is 2.64. The van der Waals surface area contributed by atoms with E-state index in [2.05, 4.69) is 31.9 Å². The molecular formula is C16H24N6O2. The van der Waals surface area contributed by atoms with Crippen molar-refractivity contribution >= 4 is 11.0 Å². The van der Waals surface area contributed by atoms with Gasteiger partial charge in [-0.1, -0.05) is 0 Å². The first-order valence-corrected chi connectivity index (χ1v) is 8.50. The average molecular weight is 332 g/mol. The molecule has 4 rings (SSSR count). The summed E-state index contributed by atoms with van der Waals surface area (Å²) in [6.07, 6.45) is 3.69. The van der Waals surface area contributed by atoms with Crippen LogP contribution in [0, 0.1) is 0 Å². The molecule has 0 saturated carbocycles. The Morgan fingerprint density at radius 3 is 2.88 bits per heavy atom. The van der Waals surface area contributed by atoms with Gasteiger partial charge in [-0.05, 0) is 19.9 Å². The molecule has 24 heavy (non-hydrogen) atoms. The molecule has 0 bridgehead atoms. The maximum Gasteiger partial charge on any atom is 0.262 e. The number of aromatic amines is 1. The molecule has 1 spiro atoms. The Morgan fingerprint density at radius 2 is 2.08 bits per heavy atom. The number of likely N-dealkylation sites (N-methyl/N-ethyl adjacent to an activating group) is 1. The fraction of sp³-hybridized carbons (Fsp3) is 0.688. The van der Waals surface area contributed by atoms with Crippen molar-refractivity contribution in [2.45, 2.75) is 24.9 Å². The summed E-state index contributed by atoms with van der Waals surface area (Å²) in [6.45, 7) is 5.31. The van der Waals surface area contributed by atoms with E-state index >= 15 is 0 Å². The summed E-state index contributed by atoms with van der Waals surface area (Å²) in [5.41, 5.74) is 0.717.